The van der Waals surface area contributed by atoms with Crippen LogP contribution in [0.1, 0.15) is 16.7 Å². The summed E-state index contributed by atoms with van der Waals surface area (Å²) < 4.78 is 5.65. The molecule has 10 nitrogen and oxygen atoms in total. The largest absolute Gasteiger partial charge is 0.433 e. The number of nitrogens with zero attached hydrogens (tertiary/aromatic N) is 7. The molecule has 0 unspecified atom stereocenters. The van der Waals surface area contributed by atoms with Gasteiger partial charge in [-0.1, -0.05) is 30.3 Å². The fraction of sp³-hybridized carbons (Fsp3) is 0.217. The highest BCUT2D eigenvalue weighted by atomic mass is 16.6. The second-order valence-electron chi connectivity index (χ2n) is 7.39. The third-order valence-corrected chi connectivity index (χ3v) is 5.32. The summed E-state index contributed by atoms with van der Waals surface area (Å²) in [6.07, 6.45) is 1.23. The maximum absolute atomic E-state index is 11.9. The van der Waals surface area contributed by atoms with Crippen LogP contribution in [0.2, 0.25) is 0 Å². The van der Waals surface area contributed by atoms with E-state index in [9.17, 15) is 15.4 Å². The van der Waals surface area contributed by atoms with E-state index in [1.54, 1.807) is 0 Å². The van der Waals surface area contributed by atoms with Crippen LogP contribution >= 0.6 is 0 Å². The Morgan fingerprint density at radius 1 is 1.00 bits per heavy atom. The number of hydrogen-bond donors (Lipinski definition) is 0. The van der Waals surface area contributed by atoms with Crippen molar-refractivity contribution in [3.8, 4) is 23.8 Å². The van der Waals surface area contributed by atoms with Gasteiger partial charge >= 0.3 is 11.6 Å². The maximum Gasteiger partial charge on any atom is 0.373 e. The van der Waals surface area contributed by atoms with E-state index in [2.05, 4.69) is 27.0 Å². The average molecular weight is 441 g/mol. The van der Waals surface area contributed by atoms with Gasteiger partial charge in [0.15, 0.2) is 0 Å². The number of nitro groups is 1. The van der Waals surface area contributed by atoms with E-state index < -0.39 is 4.92 Å². The van der Waals surface area contributed by atoms with Gasteiger partial charge in [0.25, 0.3) is 0 Å². The first-order valence-corrected chi connectivity index (χ1v) is 10.2. The first kappa shape index (κ1) is 21.7. The van der Waals surface area contributed by atoms with E-state index in [0.717, 1.165) is 19.6 Å². The van der Waals surface area contributed by atoms with E-state index in [1.165, 1.54) is 30.1 Å². The van der Waals surface area contributed by atoms with E-state index >= 15 is 0 Å². The van der Waals surface area contributed by atoms with Crippen LogP contribution in [0.3, 0.4) is 0 Å². The number of ether oxygens (including phenoxy) is 1. The predicted octanol–water partition coefficient (Wildman–Crippen LogP) is 3.24. The number of benzene rings is 2. The van der Waals surface area contributed by atoms with Crippen molar-refractivity contribution >= 4 is 11.5 Å². The average Bonchev–Trinajstić information content (AvgIpc) is 2.85. The number of piperazine rings is 1. The van der Waals surface area contributed by atoms with Gasteiger partial charge < -0.3 is 9.64 Å². The summed E-state index contributed by atoms with van der Waals surface area (Å²) in [7, 11) is 0. The fourth-order valence-electron chi connectivity index (χ4n) is 3.67. The van der Waals surface area contributed by atoms with Crippen LogP contribution in [0.15, 0.2) is 54.9 Å². The zero-order valence-electron chi connectivity index (χ0n) is 17.6. The van der Waals surface area contributed by atoms with Crippen LogP contribution in [-0.2, 0) is 6.54 Å². The van der Waals surface area contributed by atoms with Crippen LogP contribution in [0, 0.1) is 32.8 Å². The van der Waals surface area contributed by atoms with Crippen LogP contribution in [0.5, 0.6) is 11.6 Å². The standard InChI is InChI=1S/C23H19N7O3/c24-13-18-6-7-20(12-19(18)14-25)33-23-21(30(31)32)22(26-16-27-23)29-10-8-28(9-11-29)15-17-4-2-1-3-5-17/h1-7,12,16H,8-11,15H2. The van der Waals surface area contributed by atoms with Gasteiger partial charge in [-0.3, -0.25) is 15.0 Å². The van der Waals surface area contributed by atoms with Crippen LogP contribution in [-0.4, -0.2) is 46.0 Å². The van der Waals surface area contributed by atoms with Crippen molar-refractivity contribution in [1.82, 2.24) is 14.9 Å². The summed E-state index contributed by atoms with van der Waals surface area (Å²) in [5.74, 6) is 0.148. The Kier molecular flexibility index (Phi) is 6.39. The van der Waals surface area contributed by atoms with Crippen molar-refractivity contribution in [2.24, 2.45) is 0 Å². The topological polar surface area (TPSA) is 132 Å². The Labute approximate surface area is 190 Å². The van der Waals surface area contributed by atoms with Crippen molar-refractivity contribution in [1.29, 1.82) is 10.5 Å². The highest BCUT2D eigenvalue weighted by Gasteiger charge is 2.30. The number of anilines is 1. The van der Waals surface area contributed by atoms with E-state index in [1.807, 2.05) is 35.2 Å². The number of rotatable bonds is 6. The summed E-state index contributed by atoms with van der Waals surface area (Å²) in [5.41, 5.74) is 1.18. The minimum Gasteiger partial charge on any atom is -0.433 e. The highest BCUT2D eigenvalue weighted by molar-refractivity contribution is 5.64. The Morgan fingerprint density at radius 2 is 1.73 bits per heavy atom. The summed E-state index contributed by atoms with van der Waals surface area (Å²) in [4.78, 5) is 23.6. The normalized spacial score (nSPS) is 13.7. The van der Waals surface area contributed by atoms with Crippen molar-refractivity contribution < 1.29 is 9.66 Å². The van der Waals surface area contributed by atoms with Gasteiger partial charge in [0.1, 0.15) is 24.2 Å². The first-order valence-electron chi connectivity index (χ1n) is 10.2. The number of nitriles is 2. The molecule has 10 heteroatoms. The lowest BCUT2D eigenvalue weighted by Crippen LogP contribution is -2.46. The molecule has 4 rings (SSSR count). The smallest absolute Gasteiger partial charge is 0.373 e. The zero-order valence-corrected chi connectivity index (χ0v) is 17.6. The van der Waals surface area contributed by atoms with Crippen LogP contribution in [0.4, 0.5) is 11.5 Å². The summed E-state index contributed by atoms with van der Waals surface area (Å²) >= 11 is 0. The third kappa shape index (κ3) is 4.87. The van der Waals surface area contributed by atoms with Gasteiger partial charge in [0, 0.05) is 32.7 Å². The van der Waals surface area contributed by atoms with Crippen molar-refractivity contribution in [2.75, 3.05) is 31.1 Å². The molecule has 2 aromatic carbocycles. The molecule has 0 radical (unpaired) electrons. The van der Waals surface area contributed by atoms with Gasteiger partial charge in [0.05, 0.1) is 16.1 Å². The molecular formula is C23H19N7O3. The van der Waals surface area contributed by atoms with Crippen LogP contribution in [0.25, 0.3) is 0 Å². The molecule has 3 aromatic rings. The molecule has 0 saturated carbocycles. The molecule has 1 aliphatic rings. The van der Waals surface area contributed by atoms with E-state index in [4.69, 9.17) is 10.00 Å². The first-order chi connectivity index (χ1) is 16.1. The molecule has 0 spiro atoms. The van der Waals surface area contributed by atoms with E-state index in [0.29, 0.717) is 13.1 Å². The summed E-state index contributed by atoms with van der Waals surface area (Å²) in [6, 6.07) is 18.2. The van der Waals surface area contributed by atoms with Crippen molar-refractivity contribution in [3.05, 3.63) is 81.7 Å². The monoisotopic (exact) mass is 441 g/mol. The highest BCUT2D eigenvalue weighted by Crippen LogP contribution is 2.36. The quantitative estimate of drug-likeness (QED) is 0.417. The Balaban J connectivity index is 1.53. The predicted molar refractivity (Wildman–Crippen MR) is 119 cm³/mol. The van der Waals surface area contributed by atoms with Gasteiger partial charge in [0.2, 0.25) is 5.82 Å². The van der Waals surface area contributed by atoms with Crippen molar-refractivity contribution in [3.63, 3.8) is 0 Å². The molecule has 0 atom stereocenters. The molecule has 0 bridgehead atoms. The van der Waals surface area contributed by atoms with Gasteiger partial charge in [-0.25, -0.2) is 4.98 Å². The molecular weight excluding hydrogens is 422 g/mol. The molecule has 1 fully saturated rings. The molecule has 1 saturated heterocycles. The molecule has 33 heavy (non-hydrogen) atoms. The molecule has 0 amide bonds. The van der Waals surface area contributed by atoms with Crippen molar-refractivity contribution in [2.45, 2.75) is 6.54 Å². The molecule has 0 aliphatic carbocycles. The van der Waals surface area contributed by atoms with E-state index in [-0.39, 0.29) is 34.3 Å². The second kappa shape index (κ2) is 9.73. The third-order valence-electron chi connectivity index (χ3n) is 5.32. The zero-order chi connectivity index (χ0) is 23.2. The van der Waals surface area contributed by atoms with Gasteiger partial charge in [-0.15, -0.1) is 0 Å². The minimum atomic E-state index is -0.560. The maximum atomic E-state index is 11.9. The Hall–Kier alpha value is -4.54. The fourth-order valence-corrected chi connectivity index (χ4v) is 3.67. The van der Waals surface area contributed by atoms with Gasteiger partial charge in [-0.05, 0) is 23.8 Å². The summed E-state index contributed by atoms with van der Waals surface area (Å²) in [5, 5.41) is 30.2. The number of aromatic nitrogens is 2. The van der Waals surface area contributed by atoms with Gasteiger partial charge in [-0.2, -0.15) is 15.5 Å². The Bertz CT molecular complexity index is 1240. The molecule has 0 N–H and O–H groups in total. The lowest BCUT2D eigenvalue weighted by atomic mass is 10.1. The molecule has 1 aromatic heterocycles. The molecule has 164 valence electrons. The SMILES string of the molecule is N#Cc1ccc(Oc2ncnc(N3CCN(Cc4ccccc4)CC3)c2[N+](=O)[O-])cc1C#N. The Morgan fingerprint density at radius 3 is 2.39 bits per heavy atom. The van der Waals surface area contributed by atoms with Crippen LogP contribution < -0.4 is 9.64 Å². The lowest BCUT2D eigenvalue weighted by Gasteiger charge is -2.35. The lowest BCUT2D eigenvalue weighted by molar-refractivity contribution is -0.385. The minimum absolute atomic E-state index is 0.112. The molecule has 2 heterocycles. The molecule has 1 aliphatic heterocycles. The summed E-state index contributed by atoms with van der Waals surface area (Å²) in [6.45, 7) is 3.41. The number of hydrogen-bond acceptors (Lipinski definition) is 9. The second-order valence-corrected chi connectivity index (χ2v) is 7.39.